The number of carbonyl (C=O) groups excluding carboxylic acids is 1. The third-order valence-corrected chi connectivity index (χ3v) is 4.48. The number of amides is 1. The summed E-state index contributed by atoms with van der Waals surface area (Å²) in [6.07, 6.45) is 0. The second-order valence-corrected chi connectivity index (χ2v) is 6.88. The SMILES string of the molecule is Cc1nn(Cc2ccc(F)cc2)c(Cl)c1C(=O)Nc1cc(Cl)cc(Cl)c1. The molecule has 134 valence electrons. The van der Waals surface area contributed by atoms with Crippen LogP contribution >= 0.6 is 34.8 Å². The van der Waals surface area contributed by atoms with Crippen LogP contribution in [0.1, 0.15) is 21.6 Å². The number of halogens is 4. The molecule has 2 aromatic carbocycles. The van der Waals surface area contributed by atoms with Crippen molar-refractivity contribution >= 4 is 46.4 Å². The first kappa shape index (κ1) is 18.7. The van der Waals surface area contributed by atoms with Gasteiger partial charge in [-0.05, 0) is 42.8 Å². The van der Waals surface area contributed by atoms with Gasteiger partial charge in [-0.1, -0.05) is 46.9 Å². The molecule has 0 aliphatic heterocycles. The highest BCUT2D eigenvalue weighted by Crippen LogP contribution is 2.25. The molecule has 1 amide bonds. The number of anilines is 1. The molecule has 0 atom stereocenters. The van der Waals surface area contributed by atoms with Crippen molar-refractivity contribution in [2.45, 2.75) is 13.5 Å². The third kappa shape index (κ3) is 4.18. The van der Waals surface area contributed by atoms with Crippen LogP contribution in [0.15, 0.2) is 42.5 Å². The van der Waals surface area contributed by atoms with E-state index in [4.69, 9.17) is 34.8 Å². The van der Waals surface area contributed by atoms with Crippen molar-refractivity contribution in [3.63, 3.8) is 0 Å². The number of rotatable bonds is 4. The number of hydrogen-bond acceptors (Lipinski definition) is 2. The van der Waals surface area contributed by atoms with Gasteiger partial charge in [-0.25, -0.2) is 9.07 Å². The Hall–Kier alpha value is -2.08. The van der Waals surface area contributed by atoms with Gasteiger partial charge in [-0.3, -0.25) is 4.79 Å². The van der Waals surface area contributed by atoms with Crippen molar-refractivity contribution in [3.8, 4) is 0 Å². The fraction of sp³-hybridized carbons (Fsp3) is 0.111. The Balaban J connectivity index is 1.84. The van der Waals surface area contributed by atoms with Gasteiger partial charge in [0.05, 0.1) is 17.8 Å². The number of nitrogens with one attached hydrogen (secondary N) is 1. The molecule has 0 aliphatic rings. The summed E-state index contributed by atoms with van der Waals surface area (Å²) >= 11 is 18.2. The van der Waals surface area contributed by atoms with E-state index in [0.717, 1.165) is 5.56 Å². The van der Waals surface area contributed by atoms with Crippen LogP contribution in [-0.4, -0.2) is 15.7 Å². The van der Waals surface area contributed by atoms with Crippen LogP contribution < -0.4 is 5.32 Å². The zero-order chi connectivity index (χ0) is 18.8. The molecule has 3 aromatic rings. The van der Waals surface area contributed by atoms with Crippen LogP contribution in [0.25, 0.3) is 0 Å². The average molecular weight is 413 g/mol. The van der Waals surface area contributed by atoms with Crippen molar-refractivity contribution in [2.75, 3.05) is 5.32 Å². The van der Waals surface area contributed by atoms with Crippen LogP contribution in [0.3, 0.4) is 0 Å². The Morgan fingerprint density at radius 1 is 1.12 bits per heavy atom. The number of carbonyl (C=O) groups is 1. The quantitative estimate of drug-likeness (QED) is 0.607. The molecule has 0 aliphatic carbocycles. The van der Waals surface area contributed by atoms with Gasteiger partial charge in [0, 0.05) is 15.7 Å². The Morgan fingerprint density at radius 2 is 1.73 bits per heavy atom. The Labute approximate surface area is 164 Å². The third-order valence-electron chi connectivity index (χ3n) is 3.66. The summed E-state index contributed by atoms with van der Waals surface area (Å²) in [6.45, 7) is 2.00. The molecule has 0 saturated carbocycles. The van der Waals surface area contributed by atoms with Crippen molar-refractivity contribution in [1.29, 1.82) is 0 Å². The maximum atomic E-state index is 13.0. The Morgan fingerprint density at radius 3 is 2.35 bits per heavy atom. The van der Waals surface area contributed by atoms with Gasteiger partial charge >= 0.3 is 0 Å². The van der Waals surface area contributed by atoms with Gasteiger partial charge in [0.25, 0.3) is 5.91 Å². The first-order valence-corrected chi connectivity index (χ1v) is 8.71. The number of aryl methyl sites for hydroxylation is 1. The zero-order valence-corrected chi connectivity index (χ0v) is 15.8. The zero-order valence-electron chi connectivity index (χ0n) is 13.6. The van der Waals surface area contributed by atoms with Gasteiger partial charge in [-0.15, -0.1) is 0 Å². The molecule has 0 unspecified atom stereocenters. The lowest BCUT2D eigenvalue weighted by Crippen LogP contribution is -2.13. The first-order valence-electron chi connectivity index (χ1n) is 7.58. The average Bonchev–Trinajstić information content (AvgIpc) is 2.82. The Bertz CT molecular complexity index is 950. The standard InChI is InChI=1S/C18H13Cl3FN3O/c1-10-16(18(26)23-15-7-12(19)6-13(20)8-15)17(21)25(24-10)9-11-2-4-14(22)5-3-11/h2-8H,9H2,1H3,(H,23,26). The van der Waals surface area contributed by atoms with E-state index in [1.165, 1.54) is 16.8 Å². The van der Waals surface area contributed by atoms with E-state index in [9.17, 15) is 9.18 Å². The predicted molar refractivity (Wildman–Crippen MR) is 102 cm³/mol. The van der Waals surface area contributed by atoms with Crippen LogP contribution in [-0.2, 0) is 6.54 Å². The maximum absolute atomic E-state index is 13.0. The molecule has 3 rings (SSSR count). The van der Waals surface area contributed by atoms with E-state index in [1.54, 1.807) is 37.3 Å². The van der Waals surface area contributed by atoms with Crippen LogP contribution in [0.5, 0.6) is 0 Å². The van der Waals surface area contributed by atoms with Crippen LogP contribution in [0.2, 0.25) is 15.2 Å². The second kappa shape index (κ2) is 7.66. The number of benzene rings is 2. The highest BCUT2D eigenvalue weighted by Gasteiger charge is 2.21. The van der Waals surface area contributed by atoms with Gasteiger partial charge in [0.15, 0.2) is 0 Å². The minimum absolute atomic E-state index is 0.192. The van der Waals surface area contributed by atoms with Gasteiger partial charge < -0.3 is 5.32 Å². The van der Waals surface area contributed by atoms with Crippen molar-refractivity contribution < 1.29 is 9.18 Å². The Kier molecular flexibility index (Phi) is 5.51. The molecule has 0 fully saturated rings. The van der Waals surface area contributed by atoms with E-state index < -0.39 is 5.91 Å². The topological polar surface area (TPSA) is 46.9 Å². The first-order chi connectivity index (χ1) is 12.3. The predicted octanol–water partition coefficient (Wildman–Crippen LogP) is 5.59. The van der Waals surface area contributed by atoms with Crippen LogP contribution in [0, 0.1) is 12.7 Å². The second-order valence-electron chi connectivity index (χ2n) is 5.65. The summed E-state index contributed by atoms with van der Waals surface area (Å²) in [5.74, 6) is -0.743. The molecule has 0 bridgehead atoms. The molecule has 26 heavy (non-hydrogen) atoms. The molecular weight excluding hydrogens is 400 g/mol. The van der Waals surface area contributed by atoms with Crippen molar-refractivity contribution in [1.82, 2.24) is 9.78 Å². The molecular formula is C18H13Cl3FN3O. The lowest BCUT2D eigenvalue weighted by molar-refractivity contribution is 0.102. The molecule has 0 radical (unpaired) electrons. The van der Waals surface area contributed by atoms with Crippen molar-refractivity contribution in [2.24, 2.45) is 0 Å². The number of aromatic nitrogens is 2. The molecule has 8 heteroatoms. The largest absolute Gasteiger partial charge is 0.322 e. The number of nitrogens with zero attached hydrogens (tertiary/aromatic N) is 2. The molecule has 0 spiro atoms. The highest BCUT2D eigenvalue weighted by molar-refractivity contribution is 6.35. The van der Waals surface area contributed by atoms with Gasteiger partial charge in [-0.2, -0.15) is 5.10 Å². The van der Waals surface area contributed by atoms with Crippen molar-refractivity contribution in [3.05, 3.63) is 80.3 Å². The van der Waals surface area contributed by atoms with E-state index >= 15 is 0 Å². The normalized spacial score (nSPS) is 10.8. The highest BCUT2D eigenvalue weighted by atomic mass is 35.5. The summed E-state index contributed by atoms with van der Waals surface area (Å²) in [6, 6.07) is 10.7. The summed E-state index contributed by atoms with van der Waals surface area (Å²) < 4.78 is 14.5. The lowest BCUT2D eigenvalue weighted by Gasteiger charge is -2.07. The van der Waals surface area contributed by atoms with Gasteiger partial charge in [0.1, 0.15) is 11.0 Å². The van der Waals surface area contributed by atoms with Gasteiger partial charge in [0.2, 0.25) is 0 Å². The fourth-order valence-electron chi connectivity index (χ4n) is 2.50. The minimum atomic E-state index is -0.420. The molecule has 1 heterocycles. The molecule has 1 N–H and O–H groups in total. The fourth-order valence-corrected chi connectivity index (χ4v) is 3.34. The minimum Gasteiger partial charge on any atom is -0.322 e. The maximum Gasteiger partial charge on any atom is 0.260 e. The summed E-state index contributed by atoms with van der Waals surface area (Å²) in [4.78, 5) is 12.6. The molecule has 1 aromatic heterocycles. The van der Waals surface area contributed by atoms with E-state index in [0.29, 0.717) is 28.0 Å². The summed E-state index contributed by atoms with van der Waals surface area (Å²) in [5, 5.41) is 8.02. The lowest BCUT2D eigenvalue weighted by atomic mass is 10.2. The smallest absolute Gasteiger partial charge is 0.260 e. The molecule has 4 nitrogen and oxygen atoms in total. The van der Waals surface area contributed by atoms with E-state index in [1.807, 2.05) is 0 Å². The summed E-state index contributed by atoms with van der Waals surface area (Å²) in [5.41, 5.74) is 1.99. The molecule has 0 saturated heterocycles. The van der Waals surface area contributed by atoms with E-state index in [2.05, 4.69) is 10.4 Å². The monoisotopic (exact) mass is 411 g/mol. The number of hydrogen-bond donors (Lipinski definition) is 1. The summed E-state index contributed by atoms with van der Waals surface area (Å²) in [7, 11) is 0. The van der Waals surface area contributed by atoms with E-state index in [-0.39, 0.29) is 16.5 Å². The van der Waals surface area contributed by atoms with Crippen LogP contribution in [0.4, 0.5) is 10.1 Å².